The topological polar surface area (TPSA) is 37.8 Å². The van der Waals surface area contributed by atoms with Crippen LogP contribution in [0.5, 0.6) is 0 Å². The monoisotopic (exact) mass is 551 g/mol. The summed E-state index contributed by atoms with van der Waals surface area (Å²) in [7, 11) is 0. The number of thiazole rings is 1. The number of allylic oxidation sites excluding steroid dienone is 4. The summed E-state index contributed by atoms with van der Waals surface area (Å²) in [6, 6.07) is 10.9. The fourth-order valence-corrected chi connectivity index (χ4v) is 4.54. The summed E-state index contributed by atoms with van der Waals surface area (Å²) in [5.74, 6) is 0.0697. The first-order valence-electron chi connectivity index (χ1n) is 14.4. The number of anilines is 1. The summed E-state index contributed by atoms with van der Waals surface area (Å²) in [6.45, 7) is 26.7. The molecule has 0 saturated carbocycles. The molecule has 0 bridgehead atoms. The van der Waals surface area contributed by atoms with Crippen molar-refractivity contribution < 1.29 is 4.39 Å². The van der Waals surface area contributed by atoms with E-state index in [4.69, 9.17) is 4.98 Å². The first kappa shape index (κ1) is 35.9. The third-order valence-electron chi connectivity index (χ3n) is 5.92. The maximum absolute atomic E-state index is 14.7. The maximum atomic E-state index is 14.7. The zero-order valence-electron chi connectivity index (χ0n) is 26.1. The van der Waals surface area contributed by atoms with Crippen LogP contribution in [0.1, 0.15) is 104 Å². The molecular weight excluding hydrogens is 501 g/mol. The first-order chi connectivity index (χ1) is 18.8. The SMILES string of the molecule is C=C(Nc1cnc(/C(=C/C(=C(C)CC)c2ccccc2F)C(C)CC)s1)c1ncccc1C.CC.CC.CC. The van der Waals surface area contributed by atoms with Crippen molar-refractivity contribution in [3.63, 3.8) is 0 Å². The van der Waals surface area contributed by atoms with E-state index in [1.807, 2.05) is 78.9 Å². The molecule has 39 heavy (non-hydrogen) atoms. The highest BCUT2D eigenvalue weighted by Gasteiger charge is 2.17. The summed E-state index contributed by atoms with van der Waals surface area (Å²) >= 11 is 1.58. The van der Waals surface area contributed by atoms with Gasteiger partial charge < -0.3 is 5.32 Å². The number of benzene rings is 1. The van der Waals surface area contributed by atoms with Gasteiger partial charge in [-0.25, -0.2) is 9.37 Å². The minimum atomic E-state index is -0.205. The van der Waals surface area contributed by atoms with Crippen molar-refractivity contribution in [2.75, 3.05) is 5.32 Å². The van der Waals surface area contributed by atoms with Crippen LogP contribution in [0.15, 0.2) is 67.0 Å². The van der Waals surface area contributed by atoms with Gasteiger partial charge in [-0.1, -0.05) is 110 Å². The van der Waals surface area contributed by atoms with Crippen molar-refractivity contribution in [1.82, 2.24) is 9.97 Å². The van der Waals surface area contributed by atoms with E-state index in [-0.39, 0.29) is 11.7 Å². The van der Waals surface area contributed by atoms with E-state index in [1.54, 1.807) is 23.6 Å². The van der Waals surface area contributed by atoms with Crippen LogP contribution in [-0.4, -0.2) is 9.97 Å². The van der Waals surface area contributed by atoms with Crippen LogP contribution >= 0.6 is 11.3 Å². The molecule has 0 aliphatic heterocycles. The quantitative estimate of drug-likeness (QED) is 0.269. The van der Waals surface area contributed by atoms with Crippen LogP contribution in [0.3, 0.4) is 0 Å². The van der Waals surface area contributed by atoms with Gasteiger partial charge in [-0.05, 0) is 67.5 Å². The lowest BCUT2D eigenvalue weighted by Gasteiger charge is -2.16. The molecule has 2 heterocycles. The summed E-state index contributed by atoms with van der Waals surface area (Å²) in [6.07, 6.45) is 7.54. The average molecular weight is 552 g/mol. The molecule has 3 nitrogen and oxygen atoms in total. The van der Waals surface area contributed by atoms with Crippen molar-refractivity contribution in [3.8, 4) is 0 Å². The van der Waals surface area contributed by atoms with E-state index in [2.05, 4.69) is 50.7 Å². The third kappa shape index (κ3) is 10.6. The summed E-state index contributed by atoms with van der Waals surface area (Å²) in [4.78, 5) is 9.16. The van der Waals surface area contributed by atoms with Crippen LogP contribution in [-0.2, 0) is 0 Å². The standard InChI is InChI=1S/C28H32FN3S.3C2H6/c1-7-18(3)23(22-13-9-10-14-25(22)29)16-24(19(4)8-2)28-31-17-26(33-28)32-21(6)27-20(5)12-11-15-30-27;3*1-2/h9-17,19,32H,6-8H2,1-5H3;3*1-2H3/b23-18?,24-16+;;;. The van der Waals surface area contributed by atoms with E-state index in [9.17, 15) is 4.39 Å². The normalized spacial score (nSPS) is 11.8. The van der Waals surface area contributed by atoms with Crippen LogP contribution in [0, 0.1) is 18.7 Å². The van der Waals surface area contributed by atoms with Gasteiger partial charge in [0.2, 0.25) is 0 Å². The third-order valence-corrected chi connectivity index (χ3v) is 6.88. The van der Waals surface area contributed by atoms with Crippen LogP contribution in [0.25, 0.3) is 16.8 Å². The largest absolute Gasteiger partial charge is 0.345 e. The van der Waals surface area contributed by atoms with Crippen molar-refractivity contribution in [2.45, 2.75) is 89.0 Å². The first-order valence-corrected chi connectivity index (χ1v) is 15.2. The lowest BCUT2D eigenvalue weighted by Crippen LogP contribution is -2.00. The Morgan fingerprint density at radius 1 is 1.03 bits per heavy atom. The Morgan fingerprint density at radius 3 is 2.23 bits per heavy atom. The molecule has 0 saturated heterocycles. The zero-order chi connectivity index (χ0) is 30.0. The fourth-order valence-electron chi connectivity index (χ4n) is 3.57. The number of pyridine rings is 1. The smallest absolute Gasteiger partial charge is 0.131 e. The second-order valence-electron chi connectivity index (χ2n) is 8.24. The lowest BCUT2D eigenvalue weighted by atomic mass is 9.91. The van der Waals surface area contributed by atoms with Gasteiger partial charge in [-0.2, -0.15) is 0 Å². The molecule has 3 rings (SSSR count). The molecule has 0 fully saturated rings. The Hall–Kier alpha value is -3.05. The second kappa shape index (κ2) is 19.9. The Labute approximate surface area is 242 Å². The summed E-state index contributed by atoms with van der Waals surface area (Å²) in [5, 5.41) is 5.19. The molecule has 1 atom stereocenters. The van der Waals surface area contributed by atoms with Gasteiger partial charge in [0.1, 0.15) is 15.8 Å². The molecule has 214 valence electrons. The van der Waals surface area contributed by atoms with Crippen LogP contribution in [0.4, 0.5) is 9.39 Å². The lowest BCUT2D eigenvalue weighted by molar-refractivity contribution is 0.624. The molecule has 3 aromatic rings. The molecule has 5 heteroatoms. The summed E-state index contributed by atoms with van der Waals surface area (Å²) in [5.41, 5.74) is 6.47. The molecule has 1 N–H and O–H groups in total. The highest BCUT2D eigenvalue weighted by Crippen LogP contribution is 2.36. The second-order valence-corrected chi connectivity index (χ2v) is 9.27. The number of nitrogens with one attached hydrogen (secondary N) is 1. The van der Waals surface area contributed by atoms with Gasteiger partial charge in [0.05, 0.1) is 17.6 Å². The predicted octanol–water partition coefficient (Wildman–Crippen LogP) is 11.5. The van der Waals surface area contributed by atoms with E-state index >= 15 is 0 Å². The number of nitrogens with zero attached hydrogens (tertiary/aromatic N) is 2. The minimum absolute atomic E-state index is 0.205. The average Bonchev–Trinajstić information content (AvgIpc) is 3.44. The van der Waals surface area contributed by atoms with E-state index < -0.39 is 0 Å². The van der Waals surface area contributed by atoms with Gasteiger partial charge in [0.15, 0.2) is 0 Å². The Kier molecular flexibility index (Phi) is 18.4. The molecule has 0 aliphatic rings. The fraction of sp³-hybridized carbons (Fsp3) is 0.412. The van der Waals surface area contributed by atoms with Crippen molar-refractivity contribution >= 4 is 33.2 Å². The number of rotatable bonds is 9. The predicted molar refractivity (Wildman–Crippen MR) is 175 cm³/mol. The van der Waals surface area contributed by atoms with Crippen LogP contribution < -0.4 is 5.32 Å². The zero-order valence-corrected chi connectivity index (χ0v) is 26.9. The van der Waals surface area contributed by atoms with Gasteiger partial charge in [0, 0.05) is 11.8 Å². The van der Waals surface area contributed by atoms with E-state index in [0.717, 1.165) is 56.5 Å². The number of hydrogen-bond donors (Lipinski definition) is 1. The van der Waals surface area contributed by atoms with E-state index in [1.165, 1.54) is 6.07 Å². The number of halogens is 1. The van der Waals surface area contributed by atoms with Gasteiger partial charge in [-0.15, -0.1) is 0 Å². The molecule has 2 aromatic heterocycles. The number of aromatic nitrogens is 2. The molecule has 1 aromatic carbocycles. The highest BCUT2D eigenvalue weighted by atomic mass is 32.1. The molecule has 0 aliphatic carbocycles. The van der Waals surface area contributed by atoms with Gasteiger partial charge in [0.25, 0.3) is 0 Å². The molecule has 1 unspecified atom stereocenters. The van der Waals surface area contributed by atoms with Crippen molar-refractivity contribution in [2.24, 2.45) is 5.92 Å². The number of aryl methyl sites for hydroxylation is 1. The highest BCUT2D eigenvalue weighted by molar-refractivity contribution is 7.16. The van der Waals surface area contributed by atoms with Gasteiger partial charge >= 0.3 is 0 Å². The molecule has 0 radical (unpaired) electrons. The maximum Gasteiger partial charge on any atom is 0.131 e. The Balaban J connectivity index is 0.00000225. The van der Waals surface area contributed by atoms with Crippen molar-refractivity contribution in [3.05, 3.63) is 94.7 Å². The van der Waals surface area contributed by atoms with Crippen LogP contribution in [0.2, 0.25) is 0 Å². The summed E-state index contributed by atoms with van der Waals surface area (Å²) < 4.78 is 14.7. The molecule has 0 spiro atoms. The van der Waals surface area contributed by atoms with Gasteiger partial charge in [-0.3, -0.25) is 4.98 Å². The molecule has 0 amide bonds. The Morgan fingerprint density at radius 2 is 1.67 bits per heavy atom. The Bertz CT molecular complexity index is 1190. The van der Waals surface area contributed by atoms with E-state index in [0.29, 0.717) is 5.56 Å². The van der Waals surface area contributed by atoms with Crippen molar-refractivity contribution in [1.29, 1.82) is 0 Å². The minimum Gasteiger partial charge on any atom is -0.345 e. The number of hydrogen-bond acceptors (Lipinski definition) is 4. The molecular formula is C34H50FN3S.